The van der Waals surface area contributed by atoms with E-state index in [4.69, 9.17) is 0 Å². The van der Waals surface area contributed by atoms with Crippen LogP contribution in [0.2, 0.25) is 0 Å². The Bertz CT molecular complexity index is 1290. The molecule has 1 atom stereocenters. The molecule has 3 aromatic rings. The maximum atomic E-state index is 14.3. The second-order valence-corrected chi connectivity index (χ2v) is 8.26. The molecule has 0 bridgehead atoms. The number of benzene rings is 2. The van der Waals surface area contributed by atoms with E-state index in [0.29, 0.717) is 29.8 Å². The number of aromatic amines is 1. The fourth-order valence-electron chi connectivity index (χ4n) is 4.35. The predicted octanol–water partition coefficient (Wildman–Crippen LogP) is 5.16. The summed E-state index contributed by atoms with van der Waals surface area (Å²) in [7, 11) is 0. The van der Waals surface area contributed by atoms with Gasteiger partial charge in [0.25, 0.3) is 5.91 Å². The lowest BCUT2D eigenvalue weighted by Gasteiger charge is -2.39. The standard InChI is InChI=1S/C25H23F4N3O3/c1-2-15(9-10-33)20-12-17(26)4-7-21(20)32-14-31(18-5-8-23(34)30-13-18)24(35)19-6-3-16(11-22(19)32)25(27,28)29/h3-8,11-13,15,33H,2,9-10,14H2,1H3,(H,30,34). The number of anilines is 3. The second-order valence-electron chi connectivity index (χ2n) is 8.26. The monoisotopic (exact) mass is 489 g/mol. The molecule has 1 amide bonds. The van der Waals surface area contributed by atoms with Crippen LogP contribution in [0.1, 0.15) is 47.2 Å². The number of aliphatic hydroxyl groups is 1. The van der Waals surface area contributed by atoms with Crippen LogP contribution in [0.3, 0.4) is 0 Å². The van der Waals surface area contributed by atoms with Gasteiger partial charge < -0.3 is 15.0 Å². The van der Waals surface area contributed by atoms with Crippen molar-refractivity contribution < 1.29 is 27.5 Å². The average Bonchev–Trinajstić information content (AvgIpc) is 2.83. The zero-order valence-corrected chi connectivity index (χ0v) is 18.8. The minimum Gasteiger partial charge on any atom is -0.396 e. The molecule has 35 heavy (non-hydrogen) atoms. The van der Waals surface area contributed by atoms with Gasteiger partial charge in [0.1, 0.15) is 12.5 Å². The van der Waals surface area contributed by atoms with Crippen molar-refractivity contribution in [3.63, 3.8) is 0 Å². The van der Waals surface area contributed by atoms with Crippen molar-refractivity contribution in [3.05, 3.63) is 87.6 Å². The minimum absolute atomic E-state index is 0.0286. The highest BCUT2D eigenvalue weighted by Gasteiger charge is 2.37. The van der Waals surface area contributed by atoms with Gasteiger partial charge in [-0.1, -0.05) is 6.92 Å². The molecule has 2 N–H and O–H groups in total. The number of carbonyl (C=O) groups excluding carboxylic acids is 1. The molecule has 0 saturated carbocycles. The van der Waals surface area contributed by atoms with Crippen LogP contribution in [0.25, 0.3) is 0 Å². The Morgan fingerprint density at radius 3 is 2.43 bits per heavy atom. The molecule has 10 heteroatoms. The summed E-state index contributed by atoms with van der Waals surface area (Å²) in [5, 5.41) is 9.52. The van der Waals surface area contributed by atoms with Crippen LogP contribution in [0.15, 0.2) is 59.5 Å². The van der Waals surface area contributed by atoms with Crippen LogP contribution in [0.5, 0.6) is 0 Å². The molecule has 1 aromatic heterocycles. The minimum atomic E-state index is -4.63. The third-order valence-electron chi connectivity index (χ3n) is 6.14. The Labute approximate surface area is 198 Å². The van der Waals surface area contributed by atoms with Gasteiger partial charge in [0, 0.05) is 24.6 Å². The zero-order valence-electron chi connectivity index (χ0n) is 18.8. The number of fused-ring (bicyclic) bond motifs is 1. The summed E-state index contributed by atoms with van der Waals surface area (Å²) in [6, 6.07) is 9.55. The van der Waals surface area contributed by atoms with Crippen molar-refractivity contribution in [2.45, 2.75) is 31.9 Å². The first kappa shape index (κ1) is 24.5. The summed E-state index contributed by atoms with van der Waals surface area (Å²) in [6.45, 7) is 1.55. The van der Waals surface area contributed by atoms with Crippen molar-refractivity contribution in [1.29, 1.82) is 0 Å². The highest BCUT2D eigenvalue weighted by Crippen LogP contribution is 2.43. The molecular weight excluding hydrogens is 466 g/mol. The van der Waals surface area contributed by atoms with E-state index in [1.54, 1.807) is 0 Å². The molecule has 4 rings (SSSR count). The molecule has 0 saturated heterocycles. The molecular formula is C25H23F4N3O3. The van der Waals surface area contributed by atoms with Crippen LogP contribution in [-0.2, 0) is 6.18 Å². The quantitative estimate of drug-likeness (QED) is 0.469. The third-order valence-corrected chi connectivity index (χ3v) is 6.14. The number of hydrogen-bond donors (Lipinski definition) is 2. The van der Waals surface area contributed by atoms with Crippen molar-refractivity contribution in [2.75, 3.05) is 23.1 Å². The van der Waals surface area contributed by atoms with E-state index in [9.17, 15) is 32.3 Å². The molecule has 0 radical (unpaired) electrons. The van der Waals surface area contributed by atoms with E-state index in [1.807, 2.05) is 6.92 Å². The van der Waals surface area contributed by atoms with Crippen LogP contribution >= 0.6 is 0 Å². The van der Waals surface area contributed by atoms with Gasteiger partial charge in [0.2, 0.25) is 5.56 Å². The summed E-state index contributed by atoms with van der Waals surface area (Å²) in [6.07, 6.45) is -2.39. The largest absolute Gasteiger partial charge is 0.416 e. The van der Waals surface area contributed by atoms with E-state index in [1.165, 1.54) is 46.3 Å². The maximum absolute atomic E-state index is 14.3. The first-order valence-corrected chi connectivity index (χ1v) is 11.0. The predicted molar refractivity (Wildman–Crippen MR) is 123 cm³/mol. The van der Waals surface area contributed by atoms with Crippen LogP contribution in [0.4, 0.5) is 34.6 Å². The number of aliphatic hydroxyl groups excluding tert-OH is 1. The lowest BCUT2D eigenvalue weighted by molar-refractivity contribution is -0.137. The number of halogens is 4. The molecule has 184 valence electrons. The van der Waals surface area contributed by atoms with Gasteiger partial charge in [0.05, 0.1) is 22.5 Å². The molecule has 0 spiro atoms. The Morgan fingerprint density at radius 2 is 1.80 bits per heavy atom. The van der Waals surface area contributed by atoms with Gasteiger partial charge in [-0.15, -0.1) is 0 Å². The number of H-pyrrole nitrogens is 1. The summed E-state index contributed by atoms with van der Waals surface area (Å²) >= 11 is 0. The number of rotatable bonds is 6. The van der Waals surface area contributed by atoms with E-state index < -0.39 is 23.5 Å². The third kappa shape index (κ3) is 4.79. The Kier molecular flexibility index (Phi) is 6.66. The van der Waals surface area contributed by atoms with E-state index in [2.05, 4.69) is 4.98 Å². The van der Waals surface area contributed by atoms with Crippen molar-refractivity contribution in [1.82, 2.24) is 4.98 Å². The molecule has 2 heterocycles. The Balaban J connectivity index is 1.93. The van der Waals surface area contributed by atoms with E-state index in [0.717, 1.165) is 18.2 Å². The van der Waals surface area contributed by atoms with Crippen molar-refractivity contribution >= 4 is 23.0 Å². The lowest BCUT2D eigenvalue weighted by Crippen LogP contribution is -2.45. The molecule has 0 aliphatic carbocycles. The summed E-state index contributed by atoms with van der Waals surface area (Å²) in [4.78, 5) is 30.2. The van der Waals surface area contributed by atoms with Crippen LogP contribution < -0.4 is 15.4 Å². The maximum Gasteiger partial charge on any atom is 0.416 e. The summed E-state index contributed by atoms with van der Waals surface area (Å²) in [5.41, 5.74) is 0.0581. The fourth-order valence-corrected chi connectivity index (χ4v) is 4.35. The van der Waals surface area contributed by atoms with Crippen LogP contribution in [0, 0.1) is 5.82 Å². The van der Waals surface area contributed by atoms with Gasteiger partial charge in [-0.2, -0.15) is 13.2 Å². The van der Waals surface area contributed by atoms with Gasteiger partial charge in [-0.05, 0) is 66.8 Å². The molecule has 2 aromatic carbocycles. The van der Waals surface area contributed by atoms with Gasteiger partial charge >= 0.3 is 6.18 Å². The van der Waals surface area contributed by atoms with E-state index >= 15 is 0 Å². The molecule has 0 fully saturated rings. The van der Waals surface area contributed by atoms with Gasteiger partial charge in [0.15, 0.2) is 0 Å². The number of pyridine rings is 1. The topological polar surface area (TPSA) is 76.6 Å². The lowest BCUT2D eigenvalue weighted by atomic mass is 9.91. The molecule has 1 aliphatic rings. The Hall–Kier alpha value is -3.66. The highest BCUT2D eigenvalue weighted by molar-refractivity contribution is 6.12. The second kappa shape index (κ2) is 9.53. The number of nitrogens with one attached hydrogen (secondary N) is 1. The number of carbonyl (C=O) groups is 1. The summed E-state index contributed by atoms with van der Waals surface area (Å²) < 4.78 is 54.9. The van der Waals surface area contributed by atoms with Crippen molar-refractivity contribution in [2.24, 2.45) is 0 Å². The van der Waals surface area contributed by atoms with Crippen LogP contribution in [-0.4, -0.2) is 29.3 Å². The van der Waals surface area contributed by atoms with E-state index in [-0.39, 0.29) is 36.0 Å². The normalized spacial score (nSPS) is 14.7. The van der Waals surface area contributed by atoms with Crippen molar-refractivity contribution in [3.8, 4) is 0 Å². The molecule has 1 aliphatic heterocycles. The average molecular weight is 489 g/mol. The number of amides is 1. The fraction of sp³-hybridized carbons (Fsp3) is 0.280. The number of aromatic nitrogens is 1. The van der Waals surface area contributed by atoms with Gasteiger partial charge in [-0.25, -0.2) is 4.39 Å². The first-order valence-electron chi connectivity index (χ1n) is 11.0. The zero-order chi connectivity index (χ0) is 25.3. The molecule has 6 nitrogen and oxygen atoms in total. The Morgan fingerprint density at radius 1 is 1.03 bits per heavy atom. The number of alkyl halides is 3. The SMILES string of the molecule is CCC(CCO)c1cc(F)ccc1N1CN(c2ccc(=O)[nH]c2)C(=O)c2ccc(C(F)(F)F)cc21. The highest BCUT2D eigenvalue weighted by atomic mass is 19.4. The number of hydrogen-bond acceptors (Lipinski definition) is 4. The van der Waals surface area contributed by atoms with Gasteiger partial charge in [-0.3, -0.25) is 14.5 Å². The smallest absolute Gasteiger partial charge is 0.396 e. The molecule has 1 unspecified atom stereocenters. The first-order chi connectivity index (χ1) is 16.6. The summed E-state index contributed by atoms with van der Waals surface area (Å²) in [5.74, 6) is -1.32. The number of nitrogens with zero attached hydrogens (tertiary/aromatic N) is 2.